The molecule has 8 heteroatoms. The van der Waals surface area contributed by atoms with E-state index >= 15 is 0 Å². The molecule has 2 amide bonds. The minimum atomic E-state index is -0.347. The fourth-order valence-electron chi connectivity index (χ4n) is 2.47. The second-order valence-corrected chi connectivity index (χ2v) is 7.19. The number of nitrogen functional groups attached to an aromatic ring is 1. The molecule has 1 heterocycles. The van der Waals surface area contributed by atoms with Crippen LogP contribution in [0.1, 0.15) is 35.4 Å². The smallest absolute Gasteiger partial charge is 0.321 e. The number of thiazole rings is 1. The molecule has 26 heavy (non-hydrogen) atoms. The number of aromatic nitrogens is 1. The van der Waals surface area contributed by atoms with E-state index in [1.165, 1.54) is 16.9 Å². The second kappa shape index (κ2) is 9.76. The molecular formula is C18H26N6OS. The van der Waals surface area contributed by atoms with Crippen molar-refractivity contribution >= 4 is 28.5 Å². The van der Waals surface area contributed by atoms with Crippen LogP contribution in [0.4, 0.5) is 9.93 Å². The van der Waals surface area contributed by atoms with Crippen LogP contribution in [-0.4, -0.2) is 30.1 Å². The highest BCUT2D eigenvalue weighted by molar-refractivity contribution is 7.15. The first-order chi connectivity index (χ1) is 12.5. The Labute approximate surface area is 157 Å². The number of hydrogen-bond acceptors (Lipinski definition) is 5. The quantitative estimate of drug-likeness (QED) is 0.338. The molecule has 2 rings (SSSR count). The molecule has 1 aromatic heterocycles. The van der Waals surface area contributed by atoms with E-state index in [-0.39, 0.29) is 17.9 Å². The van der Waals surface area contributed by atoms with E-state index in [0.29, 0.717) is 18.2 Å². The van der Waals surface area contributed by atoms with Gasteiger partial charge < -0.3 is 16.8 Å². The summed E-state index contributed by atoms with van der Waals surface area (Å²) in [5.74, 6) is 0.339. The standard InChI is InChI=1S/C18H26N6OS/c1-12(14-7-4-3-5-8-14)11-22-18(25)24-16(19)21-10-6-9-15-13(2)23-17(20)26-15/h3-5,7-8,12H,6,9-11H2,1-2H3,(H2,20,23)(H4,19,21,22,24,25)/t12-/m1/s1. The number of nitrogens with zero attached hydrogens (tertiary/aromatic N) is 2. The number of guanidine groups is 1. The van der Waals surface area contributed by atoms with Crippen LogP contribution >= 0.6 is 11.3 Å². The van der Waals surface area contributed by atoms with Crippen LogP contribution < -0.4 is 22.1 Å². The molecule has 0 bridgehead atoms. The third-order valence-corrected chi connectivity index (χ3v) is 4.98. The van der Waals surface area contributed by atoms with E-state index in [1.54, 1.807) is 0 Å². The van der Waals surface area contributed by atoms with Crippen LogP contribution in [0.25, 0.3) is 0 Å². The van der Waals surface area contributed by atoms with E-state index in [1.807, 2.05) is 37.3 Å². The minimum absolute atomic E-state index is 0.121. The molecule has 0 fully saturated rings. The zero-order valence-corrected chi connectivity index (χ0v) is 16.0. The van der Waals surface area contributed by atoms with Gasteiger partial charge in [0.15, 0.2) is 11.1 Å². The van der Waals surface area contributed by atoms with Gasteiger partial charge in [0.25, 0.3) is 0 Å². The molecule has 0 radical (unpaired) electrons. The van der Waals surface area contributed by atoms with Gasteiger partial charge in [-0.2, -0.15) is 0 Å². The Morgan fingerprint density at radius 3 is 2.73 bits per heavy atom. The molecule has 0 aliphatic rings. The zero-order chi connectivity index (χ0) is 18.9. The van der Waals surface area contributed by atoms with Crippen LogP contribution in [0, 0.1) is 6.92 Å². The number of urea groups is 1. The number of aryl methyl sites for hydroxylation is 2. The topological polar surface area (TPSA) is 118 Å². The Morgan fingerprint density at radius 1 is 1.35 bits per heavy atom. The molecule has 1 aromatic carbocycles. The molecule has 7 nitrogen and oxygen atoms in total. The highest BCUT2D eigenvalue weighted by Gasteiger charge is 2.08. The third-order valence-electron chi connectivity index (χ3n) is 3.93. The van der Waals surface area contributed by atoms with Crippen molar-refractivity contribution in [1.29, 1.82) is 0 Å². The normalized spacial score (nSPS) is 12.6. The van der Waals surface area contributed by atoms with Crippen LogP contribution in [0.15, 0.2) is 35.3 Å². The molecule has 0 saturated carbocycles. The van der Waals surface area contributed by atoms with Gasteiger partial charge in [-0.05, 0) is 31.2 Å². The highest BCUT2D eigenvalue weighted by atomic mass is 32.1. The Balaban J connectivity index is 1.67. The van der Waals surface area contributed by atoms with Crippen molar-refractivity contribution in [3.05, 3.63) is 46.5 Å². The number of anilines is 1. The number of aliphatic imine (C=N–C) groups is 1. The molecule has 2 aromatic rings. The van der Waals surface area contributed by atoms with Crippen LogP contribution in [0.5, 0.6) is 0 Å². The van der Waals surface area contributed by atoms with E-state index in [2.05, 4.69) is 27.5 Å². The summed E-state index contributed by atoms with van der Waals surface area (Å²) in [6.45, 7) is 5.06. The predicted molar refractivity (Wildman–Crippen MR) is 107 cm³/mol. The first kappa shape index (κ1) is 19.7. The Morgan fingerprint density at radius 2 is 2.08 bits per heavy atom. The van der Waals surface area contributed by atoms with Crippen molar-refractivity contribution in [3.63, 3.8) is 0 Å². The van der Waals surface area contributed by atoms with Gasteiger partial charge in [0.2, 0.25) is 0 Å². The summed E-state index contributed by atoms with van der Waals surface area (Å²) >= 11 is 1.50. The third kappa shape index (κ3) is 6.36. The number of nitrogens with two attached hydrogens (primary N) is 2. The van der Waals surface area contributed by atoms with Crippen molar-refractivity contribution in [3.8, 4) is 0 Å². The van der Waals surface area contributed by atoms with E-state index in [9.17, 15) is 4.79 Å². The lowest BCUT2D eigenvalue weighted by Crippen LogP contribution is -2.44. The van der Waals surface area contributed by atoms with Gasteiger partial charge >= 0.3 is 6.03 Å². The van der Waals surface area contributed by atoms with Gasteiger partial charge in [-0.25, -0.2) is 9.78 Å². The van der Waals surface area contributed by atoms with Gasteiger partial charge in [0, 0.05) is 18.0 Å². The molecule has 140 valence electrons. The van der Waals surface area contributed by atoms with Crippen molar-refractivity contribution in [2.45, 2.75) is 32.6 Å². The summed E-state index contributed by atoms with van der Waals surface area (Å²) in [6.07, 6.45) is 1.66. The summed E-state index contributed by atoms with van der Waals surface area (Å²) < 4.78 is 0. The van der Waals surface area contributed by atoms with Crippen molar-refractivity contribution in [2.24, 2.45) is 10.7 Å². The number of carbonyl (C=O) groups is 1. The summed E-state index contributed by atoms with van der Waals surface area (Å²) in [5, 5.41) is 5.94. The van der Waals surface area contributed by atoms with E-state index < -0.39 is 0 Å². The average molecular weight is 375 g/mol. The summed E-state index contributed by atoms with van der Waals surface area (Å²) in [6, 6.07) is 9.67. The lowest BCUT2D eigenvalue weighted by molar-refractivity contribution is 0.244. The maximum atomic E-state index is 11.9. The summed E-state index contributed by atoms with van der Waals surface area (Å²) in [4.78, 5) is 21.4. The molecule has 0 aliphatic carbocycles. The molecular weight excluding hydrogens is 348 g/mol. The SMILES string of the molecule is Cc1nc(N)sc1CCCN=C(N)NC(=O)NC[C@@H](C)c1ccccc1. The zero-order valence-electron chi connectivity index (χ0n) is 15.2. The van der Waals surface area contributed by atoms with Gasteiger partial charge in [-0.1, -0.05) is 37.3 Å². The molecule has 0 unspecified atom stereocenters. The molecule has 0 saturated heterocycles. The highest BCUT2D eigenvalue weighted by Crippen LogP contribution is 2.20. The maximum Gasteiger partial charge on any atom is 0.321 e. The first-order valence-electron chi connectivity index (χ1n) is 8.57. The van der Waals surface area contributed by atoms with Gasteiger partial charge in [-0.3, -0.25) is 10.3 Å². The molecule has 1 atom stereocenters. The lowest BCUT2D eigenvalue weighted by atomic mass is 10.0. The Bertz CT molecular complexity index is 743. The predicted octanol–water partition coefficient (Wildman–Crippen LogP) is 2.38. The van der Waals surface area contributed by atoms with Crippen molar-refractivity contribution in [2.75, 3.05) is 18.8 Å². The average Bonchev–Trinajstić information content (AvgIpc) is 2.94. The molecule has 6 N–H and O–H groups in total. The van der Waals surface area contributed by atoms with Gasteiger partial charge in [0.1, 0.15) is 0 Å². The largest absolute Gasteiger partial charge is 0.375 e. The fraction of sp³-hybridized carbons (Fsp3) is 0.389. The van der Waals surface area contributed by atoms with Gasteiger partial charge in [0.05, 0.1) is 5.69 Å². The van der Waals surface area contributed by atoms with Crippen molar-refractivity contribution < 1.29 is 4.79 Å². The number of hydrogen-bond donors (Lipinski definition) is 4. The number of carbonyl (C=O) groups excluding carboxylic acids is 1. The Kier molecular flexibility index (Phi) is 7.40. The van der Waals surface area contributed by atoms with E-state index in [4.69, 9.17) is 11.5 Å². The number of rotatable bonds is 7. The van der Waals surface area contributed by atoms with Crippen LogP contribution in [-0.2, 0) is 6.42 Å². The summed E-state index contributed by atoms with van der Waals surface area (Å²) in [7, 11) is 0. The fourth-order valence-corrected chi connectivity index (χ4v) is 3.34. The van der Waals surface area contributed by atoms with Crippen LogP contribution in [0.3, 0.4) is 0 Å². The van der Waals surface area contributed by atoms with Crippen LogP contribution in [0.2, 0.25) is 0 Å². The second-order valence-electron chi connectivity index (χ2n) is 6.08. The maximum absolute atomic E-state index is 11.9. The van der Waals surface area contributed by atoms with E-state index in [0.717, 1.165) is 23.4 Å². The summed E-state index contributed by atoms with van der Waals surface area (Å²) in [5.41, 5.74) is 13.6. The minimum Gasteiger partial charge on any atom is -0.375 e. The molecule has 0 aliphatic heterocycles. The number of benzene rings is 1. The first-order valence-corrected chi connectivity index (χ1v) is 9.39. The number of amides is 2. The molecule has 0 spiro atoms. The number of nitrogens with one attached hydrogen (secondary N) is 2. The van der Waals surface area contributed by atoms with Crippen molar-refractivity contribution in [1.82, 2.24) is 15.6 Å². The van der Waals surface area contributed by atoms with Gasteiger partial charge in [-0.15, -0.1) is 11.3 Å². The monoisotopic (exact) mass is 374 g/mol. The Hall–Kier alpha value is -2.61. The lowest BCUT2D eigenvalue weighted by Gasteiger charge is -2.13.